The van der Waals surface area contributed by atoms with Crippen LogP contribution in [0.25, 0.3) is 21.5 Å². The van der Waals surface area contributed by atoms with Gasteiger partial charge in [-0.2, -0.15) is 26.8 Å². The normalized spacial score (nSPS) is 12.4. The van der Waals surface area contributed by atoms with Crippen molar-refractivity contribution in [3.63, 3.8) is 0 Å². The second-order valence-corrected chi connectivity index (χ2v) is 11.9. The van der Waals surface area contributed by atoms with Gasteiger partial charge in [-0.15, -0.1) is 10.2 Å². The van der Waals surface area contributed by atoms with Crippen LogP contribution in [0, 0.1) is 13.8 Å². The van der Waals surface area contributed by atoms with E-state index >= 15 is 0 Å². The summed E-state index contributed by atoms with van der Waals surface area (Å²) in [6.07, 6.45) is 0. The third-order valence-corrected chi connectivity index (χ3v) is 8.02. The number of anilines is 2. The van der Waals surface area contributed by atoms with Crippen molar-refractivity contribution in [2.24, 2.45) is 10.2 Å². The van der Waals surface area contributed by atoms with Crippen LogP contribution in [0.3, 0.4) is 0 Å². The third kappa shape index (κ3) is 5.66. The quantitative estimate of drug-likeness (QED) is 0.133. The summed E-state index contributed by atoms with van der Waals surface area (Å²) < 4.78 is 67.7. The smallest absolute Gasteiger partial charge is 0.297 e. The molecule has 0 aliphatic rings. The minimum atomic E-state index is -4.94. The van der Waals surface area contributed by atoms with Gasteiger partial charge in [-0.05, 0) is 72.8 Å². The number of aromatic hydroxyl groups is 1. The van der Waals surface area contributed by atoms with E-state index in [-0.39, 0.29) is 39.1 Å². The number of fused-ring (bicyclic) bond motifs is 2. The second kappa shape index (κ2) is 10.3. The molecule has 0 unspecified atom stereocenters. The summed E-state index contributed by atoms with van der Waals surface area (Å²) in [6.45, 7) is 3.33. The molecular formula is C25H19ClN6O7S2. The zero-order valence-electron chi connectivity index (χ0n) is 21.1. The summed E-state index contributed by atoms with van der Waals surface area (Å²) in [5.74, 6) is 0.429. The van der Waals surface area contributed by atoms with E-state index in [0.29, 0.717) is 27.8 Å². The molecule has 1 aromatic heterocycles. The van der Waals surface area contributed by atoms with Crippen LogP contribution in [0.1, 0.15) is 11.4 Å². The molecule has 4 aromatic carbocycles. The Morgan fingerprint density at radius 2 is 1.56 bits per heavy atom. The van der Waals surface area contributed by atoms with Crippen LogP contribution in [-0.2, 0) is 20.2 Å². The number of halogens is 1. The van der Waals surface area contributed by atoms with Gasteiger partial charge in [-0.3, -0.25) is 9.11 Å². The van der Waals surface area contributed by atoms with Gasteiger partial charge in [0.05, 0.1) is 0 Å². The molecule has 0 bridgehead atoms. The second-order valence-electron chi connectivity index (χ2n) is 8.84. The number of hydrogen-bond acceptors (Lipinski definition) is 11. The molecule has 13 nitrogen and oxygen atoms in total. The predicted octanol–water partition coefficient (Wildman–Crippen LogP) is 5.81. The average Bonchev–Trinajstić information content (AvgIpc) is 2.85. The molecule has 41 heavy (non-hydrogen) atoms. The topological polar surface area (TPSA) is 204 Å². The van der Waals surface area contributed by atoms with E-state index in [9.17, 15) is 31.0 Å². The van der Waals surface area contributed by atoms with Crippen LogP contribution in [0.5, 0.6) is 5.75 Å². The van der Waals surface area contributed by atoms with Crippen molar-refractivity contribution in [2.75, 3.05) is 5.32 Å². The standard InChI is InChI=1S/C25H19ClN6O7S2/c1-12-10-14-11-15(29-25-28-13(2)27-24(26)30-25)6-7-16(14)22(33)21(12)32-31-19-9-8-17-18(23(19)41(37,38)39)4-3-5-20(17)40(34,35)36/h3-11,33H,1-2H3,(H,34,35,36)(H,37,38,39)(H,27,28,29,30). The summed E-state index contributed by atoms with van der Waals surface area (Å²) >= 11 is 5.90. The highest BCUT2D eigenvalue weighted by atomic mass is 35.5. The monoisotopic (exact) mass is 614 g/mol. The molecular weight excluding hydrogens is 596 g/mol. The Morgan fingerprint density at radius 1 is 0.829 bits per heavy atom. The number of hydrogen-bond donors (Lipinski definition) is 4. The van der Waals surface area contributed by atoms with Crippen molar-refractivity contribution in [1.29, 1.82) is 0 Å². The predicted molar refractivity (Wildman–Crippen MR) is 151 cm³/mol. The van der Waals surface area contributed by atoms with Crippen molar-refractivity contribution < 1.29 is 31.0 Å². The lowest BCUT2D eigenvalue weighted by atomic mass is 10.0. The maximum Gasteiger partial charge on any atom is 0.297 e. The first-order valence-corrected chi connectivity index (χ1v) is 14.8. The van der Waals surface area contributed by atoms with Gasteiger partial charge in [0.15, 0.2) is 5.75 Å². The Balaban J connectivity index is 1.58. The lowest BCUT2D eigenvalue weighted by Gasteiger charge is -2.11. The molecule has 0 saturated heterocycles. The minimum absolute atomic E-state index is 0.0335. The van der Waals surface area contributed by atoms with Gasteiger partial charge < -0.3 is 10.4 Å². The summed E-state index contributed by atoms with van der Waals surface area (Å²) in [7, 11) is -9.64. The lowest BCUT2D eigenvalue weighted by Crippen LogP contribution is -2.03. The van der Waals surface area contributed by atoms with E-state index in [2.05, 4.69) is 30.5 Å². The van der Waals surface area contributed by atoms with Crippen molar-refractivity contribution in [3.05, 3.63) is 71.3 Å². The summed E-state index contributed by atoms with van der Waals surface area (Å²) in [5, 5.41) is 22.8. The van der Waals surface area contributed by atoms with Gasteiger partial charge in [0.1, 0.15) is 27.0 Å². The molecule has 0 aliphatic carbocycles. The van der Waals surface area contributed by atoms with Gasteiger partial charge in [-0.1, -0.05) is 18.2 Å². The Labute approximate surface area is 238 Å². The Kier molecular flexibility index (Phi) is 7.08. The zero-order valence-corrected chi connectivity index (χ0v) is 23.5. The van der Waals surface area contributed by atoms with E-state index in [1.165, 1.54) is 18.2 Å². The van der Waals surface area contributed by atoms with Crippen molar-refractivity contribution in [3.8, 4) is 5.75 Å². The molecule has 0 atom stereocenters. The van der Waals surface area contributed by atoms with E-state index in [0.717, 1.165) is 12.1 Å². The van der Waals surface area contributed by atoms with Crippen molar-refractivity contribution >= 4 is 76.4 Å². The van der Waals surface area contributed by atoms with E-state index in [4.69, 9.17) is 11.6 Å². The molecule has 0 fully saturated rings. The van der Waals surface area contributed by atoms with Gasteiger partial charge in [0, 0.05) is 21.8 Å². The number of phenolic OH excluding ortho intramolecular Hbond substituents is 1. The van der Waals surface area contributed by atoms with Crippen LogP contribution in [-0.4, -0.2) is 46.0 Å². The van der Waals surface area contributed by atoms with Gasteiger partial charge in [0.2, 0.25) is 11.2 Å². The number of phenols is 1. The highest BCUT2D eigenvalue weighted by Gasteiger charge is 2.24. The number of azo groups is 1. The molecule has 0 radical (unpaired) electrons. The zero-order chi connectivity index (χ0) is 29.7. The van der Waals surface area contributed by atoms with Crippen molar-refractivity contribution in [2.45, 2.75) is 23.6 Å². The Hall–Kier alpha value is -4.28. The first-order chi connectivity index (χ1) is 19.2. The molecule has 4 N–H and O–H groups in total. The average molecular weight is 615 g/mol. The van der Waals surface area contributed by atoms with Crippen LogP contribution in [0.4, 0.5) is 23.0 Å². The van der Waals surface area contributed by atoms with Crippen LogP contribution < -0.4 is 5.32 Å². The summed E-state index contributed by atoms with van der Waals surface area (Å²) in [6, 6.07) is 12.7. The number of aryl methyl sites for hydroxylation is 2. The molecule has 16 heteroatoms. The summed E-state index contributed by atoms with van der Waals surface area (Å²) in [5.41, 5.74) is 0.798. The fourth-order valence-corrected chi connectivity index (χ4v) is 6.06. The van der Waals surface area contributed by atoms with E-state index in [1.807, 2.05) is 0 Å². The SMILES string of the molecule is Cc1nc(Cl)nc(Nc2ccc3c(O)c(N=Nc4ccc5c(S(=O)(=O)O)cccc5c4S(=O)(=O)O)c(C)cc3c2)n1. The van der Waals surface area contributed by atoms with Gasteiger partial charge in [-0.25, -0.2) is 4.98 Å². The maximum absolute atomic E-state index is 12.3. The fourth-order valence-electron chi connectivity index (χ4n) is 4.32. The molecule has 0 amide bonds. The first kappa shape index (κ1) is 28.3. The first-order valence-electron chi connectivity index (χ1n) is 11.6. The van der Waals surface area contributed by atoms with Crippen LogP contribution in [0.2, 0.25) is 5.28 Å². The largest absolute Gasteiger partial charge is 0.505 e. The number of aromatic nitrogens is 3. The maximum atomic E-state index is 12.3. The molecule has 0 aliphatic heterocycles. The number of benzene rings is 4. The van der Waals surface area contributed by atoms with E-state index < -0.39 is 30.0 Å². The minimum Gasteiger partial charge on any atom is -0.505 e. The van der Waals surface area contributed by atoms with Crippen LogP contribution in [0.15, 0.2) is 74.6 Å². The molecule has 1 heterocycles. The molecule has 0 saturated carbocycles. The molecule has 210 valence electrons. The highest BCUT2D eigenvalue weighted by molar-refractivity contribution is 7.86. The fraction of sp³-hybridized carbons (Fsp3) is 0.0800. The summed E-state index contributed by atoms with van der Waals surface area (Å²) in [4.78, 5) is 10.8. The highest BCUT2D eigenvalue weighted by Crippen LogP contribution is 2.41. The van der Waals surface area contributed by atoms with Crippen LogP contribution >= 0.6 is 11.6 Å². The Bertz CT molecular complexity index is 2120. The third-order valence-electron chi connectivity index (χ3n) is 6.00. The molecule has 5 rings (SSSR count). The van der Waals surface area contributed by atoms with Gasteiger partial charge in [0.25, 0.3) is 20.2 Å². The van der Waals surface area contributed by atoms with Gasteiger partial charge >= 0.3 is 0 Å². The number of rotatable bonds is 6. The Morgan fingerprint density at radius 3 is 2.24 bits per heavy atom. The number of nitrogens with one attached hydrogen (secondary N) is 1. The number of nitrogens with zero attached hydrogens (tertiary/aromatic N) is 5. The molecule has 5 aromatic rings. The van der Waals surface area contributed by atoms with E-state index in [1.54, 1.807) is 38.1 Å². The molecule has 0 spiro atoms. The lowest BCUT2D eigenvalue weighted by molar-refractivity contribution is 0.481. The van der Waals surface area contributed by atoms with Crippen molar-refractivity contribution in [1.82, 2.24) is 15.0 Å².